The summed E-state index contributed by atoms with van der Waals surface area (Å²) >= 11 is 3.07. The number of aliphatic carboxylic acids is 1. The minimum absolute atomic E-state index is 0.0207. The van der Waals surface area contributed by atoms with Gasteiger partial charge in [0.05, 0.1) is 12.2 Å². The van der Waals surface area contributed by atoms with E-state index in [1.54, 1.807) is 0 Å². The molecule has 6 nitrogen and oxygen atoms in total. The van der Waals surface area contributed by atoms with E-state index in [2.05, 4.69) is 21.2 Å². The van der Waals surface area contributed by atoms with Crippen molar-refractivity contribution in [3.8, 4) is 0 Å². The molecule has 7 heteroatoms. The van der Waals surface area contributed by atoms with Crippen molar-refractivity contribution in [2.45, 2.75) is 12.0 Å². The van der Waals surface area contributed by atoms with E-state index >= 15 is 0 Å². The molecule has 0 aromatic carbocycles. The number of hydrogen-bond acceptors (Lipinski definition) is 4. The maximum atomic E-state index is 11.8. The standard InChI is InChI=1S/C10H10BrNO5/c11-7-3-6(4-17-7)8(13)12-10(9(14)15)1-2-16-5-10/h3-4H,1-2,5H2,(H,12,13)(H,14,15). The maximum Gasteiger partial charge on any atom is 0.331 e. The minimum atomic E-state index is -1.33. The molecular weight excluding hydrogens is 294 g/mol. The second-order valence-corrected chi connectivity index (χ2v) is 4.57. The van der Waals surface area contributed by atoms with E-state index in [-0.39, 0.29) is 18.6 Å². The molecule has 0 radical (unpaired) electrons. The van der Waals surface area contributed by atoms with Crippen LogP contribution >= 0.6 is 15.9 Å². The van der Waals surface area contributed by atoms with Gasteiger partial charge in [-0.15, -0.1) is 0 Å². The Balaban J connectivity index is 2.14. The molecule has 2 rings (SSSR count). The first-order valence-corrected chi connectivity index (χ1v) is 5.70. The Morgan fingerprint density at radius 2 is 2.29 bits per heavy atom. The third-order valence-corrected chi connectivity index (χ3v) is 3.03. The number of carboxylic acids is 1. The molecule has 1 fully saturated rings. The van der Waals surface area contributed by atoms with Crippen LogP contribution in [0.4, 0.5) is 0 Å². The predicted molar refractivity (Wildman–Crippen MR) is 59.7 cm³/mol. The van der Waals surface area contributed by atoms with Crippen molar-refractivity contribution in [2.24, 2.45) is 0 Å². The second-order valence-electron chi connectivity index (χ2n) is 3.78. The summed E-state index contributed by atoms with van der Waals surface area (Å²) in [5, 5.41) is 11.6. The van der Waals surface area contributed by atoms with Crippen molar-refractivity contribution in [1.82, 2.24) is 5.32 Å². The Bertz CT molecular complexity index is 449. The third-order valence-electron chi connectivity index (χ3n) is 2.61. The number of furan rings is 1. The van der Waals surface area contributed by atoms with Gasteiger partial charge in [0.25, 0.3) is 5.91 Å². The van der Waals surface area contributed by atoms with Crippen LogP contribution < -0.4 is 5.32 Å². The molecule has 92 valence electrons. The lowest BCUT2D eigenvalue weighted by atomic mass is 9.98. The average Bonchev–Trinajstić information content (AvgIpc) is 2.87. The Labute approximate surface area is 105 Å². The number of halogens is 1. The van der Waals surface area contributed by atoms with Gasteiger partial charge >= 0.3 is 5.97 Å². The highest BCUT2D eigenvalue weighted by Crippen LogP contribution is 2.21. The summed E-state index contributed by atoms with van der Waals surface area (Å²) < 4.78 is 10.4. The maximum absolute atomic E-state index is 11.8. The molecule has 1 unspecified atom stereocenters. The summed E-state index contributed by atoms with van der Waals surface area (Å²) in [5.41, 5.74) is -1.06. The Morgan fingerprint density at radius 3 is 2.76 bits per heavy atom. The summed E-state index contributed by atoms with van der Waals surface area (Å²) in [6.07, 6.45) is 1.51. The van der Waals surface area contributed by atoms with Crippen LogP contribution in [0.3, 0.4) is 0 Å². The average molecular weight is 304 g/mol. The molecule has 0 bridgehead atoms. The summed E-state index contributed by atoms with van der Waals surface area (Å²) in [5.74, 6) is -1.58. The van der Waals surface area contributed by atoms with Gasteiger partial charge < -0.3 is 19.6 Å². The van der Waals surface area contributed by atoms with Crippen molar-refractivity contribution in [3.63, 3.8) is 0 Å². The first kappa shape index (κ1) is 12.1. The van der Waals surface area contributed by atoms with Crippen LogP contribution in [0.2, 0.25) is 0 Å². The number of carbonyl (C=O) groups excluding carboxylic acids is 1. The number of amides is 1. The van der Waals surface area contributed by atoms with Crippen LogP contribution in [0.5, 0.6) is 0 Å². The molecule has 1 saturated heterocycles. The Hall–Kier alpha value is -1.34. The number of hydrogen-bond donors (Lipinski definition) is 2. The van der Waals surface area contributed by atoms with Crippen molar-refractivity contribution in [3.05, 3.63) is 22.6 Å². The van der Waals surface area contributed by atoms with E-state index < -0.39 is 17.4 Å². The zero-order valence-corrected chi connectivity index (χ0v) is 10.3. The molecule has 2 heterocycles. The molecule has 1 aromatic rings. The number of ether oxygens (including phenoxy) is 1. The van der Waals surface area contributed by atoms with Gasteiger partial charge in [-0.2, -0.15) is 0 Å². The topological polar surface area (TPSA) is 88.8 Å². The zero-order chi connectivity index (χ0) is 12.5. The smallest absolute Gasteiger partial charge is 0.331 e. The van der Waals surface area contributed by atoms with Crippen molar-refractivity contribution in [2.75, 3.05) is 13.2 Å². The largest absolute Gasteiger partial charge is 0.479 e. The highest BCUT2D eigenvalue weighted by atomic mass is 79.9. The lowest BCUT2D eigenvalue weighted by molar-refractivity contribution is -0.144. The lowest BCUT2D eigenvalue weighted by Crippen LogP contribution is -2.55. The van der Waals surface area contributed by atoms with Gasteiger partial charge in [-0.05, 0) is 15.9 Å². The van der Waals surface area contributed by atoms with Gasteiger partial charge in [-0.3, -0.25) is 4.79 Å². The van der Waals surface area contributed by atoms with E-state index in [4.69, 9.17) is 14.3 Å². The second kappa shape index (κ2) is 4.50. The van der Waals surface area contributed by atoms with Crippen LogP contribution in [0.1, 0.15) is 16.8 Å². The van der Waals surface area contributed by atoms with Gasteiger partial charge in [-0.1, -0.05) is 0 Å². The van der Waals surface area contributed by atoms with Crippen molar-refractivity contribution in [1.29, 1.82) is 0 Å². The van der Waals surface area contributed by atoms with Gasteiger partial charge in [0, 0.05) is 19.1 Å². The quantitative estimate of drug-likeness (QED) is 0.870. The van der Waals surface area contributed by atoms with Crippen molar-refractivity contribution >= 4 is 27.8 Å². The molecule has 1 atom stereocenters. The fraction of sp³-hybridized carbons (Fsp3) is 0.400. The van der Waals surface area contributed by atoms with Crippen molar-refractivity contribution < 1.29 is 23.8 Å². The van der Waals surface area contributed by atoms with Gasteiger partial charge in [0.2, 0.25) is 0 Å². The fourth-order valence-electron chi connectivity index (χ4n) is 1.60. The van der Waals surface area contributed by atoms with Crippen LogP contribution in [0.15, 0.2) is 21.4 Å². The molecule has 1 aliphatic rings. The third kappa shape index (κ3) is 2.34. The highest BCUT2D eigenvalue weighted by molar-refractivity contribution is 9.10. The molecule has 0 aliphatic carbocycles. The number of rotatable bonds is 3. The molecule has 1 amide bonds. The molecule has 1 aliphatic heterocycles. The Morgan fingerprint density at radius 1 is 1.53 bits per heavy atom. The van der Waals surface area contributed by atoms with Crippen LogP contribution in [0, 0.1) is 0 Å². The first-order chi connectivity index (χ1) is 8.03. The van der Waals surface area contributed by atoms with E-state index in [9.17, 15) is 9.59 Å². The Kier molecular flexibility index (Phi) is 3.21. The summed E-state index contributed by atoms with van der Waals surface area (Å²) in [7, 11) is 0. The molecule has 2 N–H and O–H groups in total. The van der Waals surface area contributed by atoms with Gasteiger partial charge in [0.15, 0.2) is 10.2 Å². The predicted octanol–water partition coefficient (Wildman–Crippen LogP) is 1.02. The van der Waals surface area contributed by atoms with E-state index in [1.165, 1.54) is 12.3 Å². The van der Waals surface area contributed by atoms with Crippen LogP contribution in [0.25, 0.3) is 0 Å². The molecule has 0 spiro atoms. The minimum Gasteiger partial charge on any atom is -0.479 e. The lowest BCUT2D eigenvalue weighted by Gasteiger charge is -2.23. The van der Waals surface area contributed by atoms with E-state index in [0.717, 1.165) is 0 Å². The SMILES string of the molecule is O=C(NC1(C(=O)O)CCOC1)c1coc(Br)c1. The van der Waals surface area contributed by atoms with Crippen LogP contribution in [-0.4, -0.2) is 35.7 Å². The zero-order valence-electron chi connectivity index (χ0n) is 8.73. The first-order valence-electron chi connectivity index (χ1n) is 4.91. The number of carbonyl (C=O) groups is 2. The molecule has 1 aromatic heterocycles. The normalized spacial score (nSPS) is 23.6. The molecular formula is C10H10BrNO5. The van der Waals surface area contributed by atoms with Gasteiger partial charge in [-0.25, -0.2) is 4.79 Å². The van der Waals surface area contributed by atoms with E-state index in [1.807, 2.05) is 0 Å². The monoisotopic (exact) mass is 303 g/mol. The summed E-state index contributed by atoms with van der Waals surface area (Å²) in [6, 6.07) is 1.47. The number of nitrogens with one attached hydrogen (secondary N) is 1. The highest BCUT2D eigenvalue weighted by Gasteiger charge is 2.44. The summed E-state index contributed by atoms with van der Waals surface area (Å²) in [4.78, 5) is 23.0. The van der Waals surface area contributed by atoms with Crippen LogP contribution in [-0.2, 0) is 9.53 Å². The van der Waals surface area contributed by atoms with Gasteiger partial charge in [0.1, 0.15) is 6.26 Å². The fourth-order valence-corrected chi connectivity index (χ4v) is 1.94. The summed E-state index contributed by atoms with van der Waals surface area (Å²) in [6.45, 7) is 0.300. The number of carboxylic acid groups (broad SMARTS) is 1. The molecule has 17 heavy (non-hydrogen) atoms. The van der Waals surface area contributed by atoms with E-state index in [0.29, 0.717) is 11.3 Å². The molecule has 0 saturated carbocycles.